The first-order valence-corrected chi connectivity index (χ1v) is 41.3. The third kappa shape index (κ3) is 23.8. The van der Waals surface area contributed by atoms with E-state index in [1.165, 1.54) is 30.3 Å². The lowest BCUT2D eigenvalue weighted by Crippen LogP contribution is -2.41. The van der Waals surface area contributed by atoms with Gasteiger partial charge >= 0.3 is 0 Å². The van der Waals surface area contributed by atoms with E-state index in [2.05, 4.69) is 58.3 Å². The van der Waals surface area contributed by atoms with Gasteiger partial charge in [-0.15, -0.1) is 0 Å². The molecular weight excluding hydrogens is 1550 g/mol. The smallest absolute Gasteiger partial charge is 0.231 e. The van der Waals surface area contributed by atoms with Crippen LogP contribution < -0.4 is 37.9 Å². The van der Waals surface area contributed by atoms with Crippen molar-refractivity contribution in [1.29, 1.82) is 0 Å². The molecule has 16 nitrogen and oxygen atoms in total. The van der Waals surface area contributed by atoms with Crippen LogP contribution in [-0.4, -0.2) is 150 Å². The lowest BCUT2D eigenvalue weighted by Gasteiger charge is -2.35. The molecule has 12 aromatic carbocycles. The molecule has 16 heteroatoms. The van der Waals surface area contributed by atoms with Crippen LogP contribution >= 0.6 is 0 Å². The van der Waals surface area contributed by atoms with Gasteiger partial charge < -0.3 is 76.4 Å². The lowest BCUT2D eigenvalue weighted by atomic mass is 10.00. The molecule has 640 valence electrons. The normalized spacial score (nSPS) is 24.5. The van der Waals surface area contributed by atoms with E-state index in [-0.39, 0.29) is 165 Å². The van der Waals surface area contributed by atoms with Crippen LogP contribution in [0.4, 0.5) is 0 Å². The predicted octanol–water partition coefficient (Wildman–Crippen LogP) is 20.9. The summed E-state index contributed by atoms with van der Waals surface area (Å²) in [6, 6.07) is 31.7. The van der Waals surface area contributed by atoms with Crippen LogP contribution in [0.1, 0.15) is 197 Å². The summed E-state index contributed by atoms with van der Waals surface area (Å²) < 4.78 is 403. The molecule has 0 amide bonds. The topological polar surface area (TPSA) is 124 Å². The van der Waals surface area contributed by atoms with Crippen molar-refractivity contribution in [2.75, 3.05) is 106 Å². The first-order chi connectivity index (χ1) is 77.4. The van der Waals surface area contributed by atoms with E-state index < -0.39 is 213 Å². The Kier molecular flexibility index (Phi) is 17.5. The van der Waals surface area contributed by atoms with Crippen LogP contribution in [0.5, 0.6) is 46.0 Å². The maximum atomic E-state index is 9.51. The van der Waals surface area contributed by atoms with Crippen molar-refractivity contribution in [3.63, 3.8) is 0 Å². The maximum absolute atomic E-state index is 9.51. The summed E-state index contributed by atoms with van der Waals surface area (Å²) in [4.78, 5) is 6.87. The Labute approximate surface area is 788 Å². The minimum Gasteiger partial charge on any atom is -0.454 e. The van der Waals surface area contributed by atoms with Crippen molar-refractivity contribution in [3.05, 3.63) is 382 Å². The summed E-state index contributed by atoms with van der Waals surface area (Å²) in [5.74, 6) is 0.767. The van der Waals surface area contributed by atoms with Crippen LogP contribution in [0.2, 0.25) is 0 Å². The van der Waals surface area contributed by atoms with Gasteiger partial charge in [-0.3, -0.25) is 0 Å². The molecule has 8 aliphatic rings. The molecule has 0 radical (unpaired) electrons. The highest BCUT2D eigenvalue weighted by molar-refractivity contribution is 5.48. The van der Waals surface area contributed by atoms with E-state index >= 15 is 0 Å². The summed E-state index contributed by atoms with van der Waals surface area (Å²) in [5, 5.41) is 0. The number of hydrogen-bond acceptors (Lipinski definition) is 16. The predicted molar refractivity (Wildman–Crippen MR) is 486 cm³/mol. The number of fused-ring (bicyclic) bond motifs is 4. The molecule has 0 unspecified atom stereocenters. The van der Waals surface area contributed by atoms with Crippen LogP contribution in [0.3, 0.4) is 0 Å². The monoisotopic (exact) mass is 1700 g/mol. The minimum atomic E-state index is -3.00. The molecule has 0 N–H and O–H groups in total. The van der Waals surface area contributed by atoms with Gasteiger partial charge in [-0.2, -0.15) is 0 Å². The van der Waals surface area contributed by atoms with Crippen LogP contribution in [0, 0.1) is 0 Å². The van der Waals surface area contributed by atoms with Gasteiger partial charge in [-0.1, -0.05) is 266 Å². The van der Waals surface area contributed by atoms with E-state index in [0.717, 1.165) is 90.0 Å². The van der Waals surface area contributed by atoms with Crippen molar-refractivity contribution in [1.82, 2.24) is 19.6 Å². The maximum Gasteiger partial charge on any atom is 0.231 e. The van der Waals surface area contributed by atoms with E-state index in [9.17, 15) is 2.74 Å². The average Bonchev–Trinajstić information content (AvgIpc) is 0.976. The molecule has 0 spiro atoms. The number of nitrogens with zero attached hydrogens (tertiary/aromatic N) is 4. The second-order valence-electron chi connectivity index (χ2n) is 29.8. The Morgan fingerprint density at radius 1 is 0.315 bits per heavy atom. The summed E-state index contributed by atoms with van der Waals surface area (Å²) in [6.45, 7) is -6.47. The van der Waals surface area contributed by atoms with E-state index in [4.69, 9.17) is 109 Å². The fourth-order valence-corrected chi connectivity index (χ4v) is 15.1. The zero-order valence-electron chi connectivity index (χ0n) is 108. The number of piperidine rings is 4. The number of aryl methyl sites for hydroxylation is 2. The Morgan fingerprint density at radius 3 is 1.05 bits per heavy atom. The van der Waals surface area contributed by atoms with Crippen molar-refractivity contribution in [3.8, 4) is 46.0 Å². The zero-order valence-corrected chi connectivity index (χ0v) is 67.7. The molecule has 12 aromatic rings. The molecule has 4 fully saturated rings. The summed E-state index contributed by atoms with van der Waals surface area (Å²) >= 11 is 0. The Balaban J connectivity index is 0.000000148. The van der Waals surface area contributed by atoms with Crippen LogP contribution in [0.25, 0.3) is 0 Å². The van der Waals surface area contributed by atoms with Crippen molar-refractivity contribution >= 4 is 0 Å². The first-order valence-electron chi connectivity index (χ1n) is 61.3. The second kappa shape index (κ2) is 43.9. The van der Waals surface area contributed by atoms with Crippen LogP contribution in [0.15, 0.2) is 315 Å². The highest BCUT2D eigenvalue weighted by Gasteiger charge is 2.32. The molecule has 4 saturated heterocycles. The standard InChI is InChI=1S/4C27H29NO3/c4*1-3-8-22(9-4-1)27(23-10-5-2-6-11-23)31-24-12-7-16-28(19-24)17-15-21-13-14-25-26(18-21)30-20-29-25/h4*1-6,8-11,13-14,18,24,27H,7,12,15-17,19-20H2/t4*24-/m1111/s1/i1D,2D,3D,4D,5D,6D,8D,9D,10D,11D,15D2,17D2,20D2,27D;1D,2D,3D,4D,5D,6D,8D,9D,10D,11D,15D2,17D2,27D;13D,14D,18D,20D2;13D,14D,18D. The van der Waals surface area contributed by atoms with Crippen molar-refractivity contribution < 1.29 is 112 Å². The fraction of sp³-hybridized carbons (Fsp3) is 0.333. The fourth-order valence-electron chi connectivity index (χ4n) is 15.1. The van der Waals surface area contributed by atoms with E-state index in [1.54, 1.807) is 0 Å². The molecule has 8 aliphatic heterocycles. The Morgan fingerprint density at radius 2 is 0.629 bits per heavy atom. The molecule has 4 atom stereocenters. The molecule has 0 saturated carbocycles. The number of hydrogen-bond donors (Lipinski definition) is 0. The largest absolute Gasteiger partial charge is 0.454 e. The van der Waals surface area contributed by atoms with Crippen molar-refractivity contribution in [2.24, 2.45) is 0 Å². The molecule has 8 heterocycles. The van der Waals surface area contributed by atoms with Crippen LogP contribution in [-0.2, 0) is 44.5 Å². The first kappa shape index (κ1) is 49.4. The quantitative estimate of drug-likeness (QED) is 0.0462. The summed E-state index contributed by atoms with van der Waals surface area (Å²) in [6.07, 6.45) is -8.42. The highest BCUT2D eigenvalue weighted by atomic mass is 16.7. The number of likely N-dealkylation sites (tertiary alicyclic amines) is 4. The van der Waals surface area contributed by atoms with Gasteiger partial charge in [0.15, 0.2) is 46.0 Å². The summed E-state index contributed by atoms with van der Waals surface area (Å²) in [7, 11) is 0. The third-order valence-electron chi connectivity index (χ3n) is 21.2. The van der Waals surface area contributed by atoms with Gasteiger partial charge in [0.1, 0.15) is 29.9 Å². The zero-order chi connectivity index (χ0) is 119. The molecule has 0 aromatic heterocycles. The molecule has 0 bridgehead atoms. The summed E-state index contributed by atoms with van der Waals surface area (Å²) in [5.41, 5.74) is 1.99. The number of ether oxygens (including phenoxy) is 12. The minimum absolute atomic E-state index is 0.00127. The number of rotatable bonds is 28. The molecule has 124 heavy (non-hydrogen) atoms. The van der Waals surface area contributed by atoms with Gasteiger partial charge in [0.25, 0.3) is 0 Å². The third-order valence-corrected chi connectivity index (χ3v) is 21.2. The SMILES string of the molecule is [2H]c1c([2H])c([2H])c(C([2H])(O[C@@H]2CCCN(C([2H])([2H])C([2H])([2H])c3ccc4c(c3)OC([2H])([2H])O4)C2)c2c([2H])c([2H])c([2H])c([2H])c2[2H])c([2H])c1[2H].[2H]c1c([2H])c([2H])c(C([2H])(O[C@@H]2CCCN(C([2H])([2H])C([2H])([2H])c3ccc4c(c3)OCO4)C2)c2c([2H])c([2H])c([2H])c([2H])c2[2H])c([2H])c1[2H].[2H]c1c([2H])c2c(c([2H])c1CCN1CCC[C@@H](OC(c3ccccc3)c3ccccc3)C1)OC([2H])([2H])O2.[2H]c1c([2H])c2c(c([2H])c1CCN1CCC[C@@H](OC(c3ccccc3)c3ccccc3)C1)OCO2. The Bertz CT molecular complexity index is 7270. The van der Waals surface area contributed by atoms with E-state index in [1.807, 2.05) is 72.8 Å². The number of benzene rings is 12. The van der Waals surface area contributed by atoms with Gasteiger partial charge in [-0.05, 0) is 218 Å². The average molecular weight is 1700 g/mol. The van der Waals surface area contributed by atoms with Gasteiger partial charge in [0, 0.05) is 63.2 Å². The van der Waals surface area contributed by atoms with Gasteiger partial charge in [-0.25, -0.2) is 0 Å². The second-order valence-corrected chi connectivity index (χ2v) is 29.8. The van der Waals surface area contributed by atoms with E-state index in [0.29, 0.717) is 48.6 Å². The van der Waals surface area contributed by atoms with Crippen molar-refractivity contribution in [2.45, 2.75) is 126 Å². The van der Waals surface area contributed by atoms with Gasteiger partial charge in [0.2, 0.25) is 27.1 Å². The highest BCUT2D eigenvalue weighted by Crippen LogP contribution is 2.40. The molecular formula is C108H116N4O12. The molecule has 0 aliphatic carbocycles. The lowest BCUT2D eigenvalue weighted by molar-refractivity contribution is -0.0331. The molecule has 20 rings (SSSR count). The van der Waals surface area contributed by atoms with Gasteiger partial charge in [0.05, 0.1) is 62.8 Å². The Hall–Kier alpha value is -11.3.